The van der Waals surface area contributed by atoms with E-state index in [0.29, 0.717) is 18.0 Å². The standard InChI is InChI=1S/C16H22N2O2S/c17-10-4-7-14-8-9-15(21-14)16(20)18(11-12-19)13-5-2-1-3-6-13/h8-9,13,19H,1-3,5-6,10-12,17H2. The molecule has 0 aromatic carbocycles. The summed E-state index contributed by atoms with van der Waals surface area (Å²) >= 11 is 1.40. The van der Waals surface area contributed by atoms with Gasteiger partial charge in [-0.25, -0.2) is 0 Å². The van der Waals surface area contributed by atoms with Gasteiger partial charge in [-0.3, -0.25) is 4.79 Å². The molecule has 0 unspecified atom stereocenters. The van der Waals surface area contributed by atoms with Crippen LogP contribution in [0.15, 0.2) is 12.1 Å². The van der Waals surface area contributed by atoms with Crippen LogP contribution in [-0.2, 0) is 0 Å². The second kappa shape index (κ2) is 8.18. The lowest BCUT2D eigenvalue weighted by molar-refractivity contribution is 0.0590. The predicted molar refractivity (Wildman–Crippen MR) is 85.2 cm³/mol. The molecule has 1 fully saturated rings. The van der Waals surface area contributed by atoms with Crippen molar-refractivity contribution in [1.29, 1.82) is 0 Å². The lowest BCUT2D eigenvalue weighted by atomic mass is 9.94. The second-order valence-electron chi connectivity index (χ2n) is 5.18. The van der Waals surface area contributed by atoms with Gasteiger partial charge in [0.15, 0.2) is 0 Å². The van der Waals surface area contributed by atoms with E-state index in [4.69, 9.17) is 5.73 Å². The van der Waals surface area contributed by atoms with Crippen molar-refractivity contribution in [3.63, 3.8) is 0 Å². The number of rotatable bonds is 4. The number of thiophene rings is 1. The Bertz CT molecular complexity index is 524. The van der Waals surface area contributed by atoms with E-state index in [9.17, 15) is 9.90 Å². The second-order valence-corrected chi connectivity index (χ2v) is 6.27. The van der Waals surface area contributed by atoms with Crippen molar-refractivity contribution in [2.75, 3.05) is 19.7 Å². The van der Waals surface area contributed by atoms with E-state index in [1.54, 1.807) is 0 Å². The van der Waals surface area contributed by atoms with Gasteiger partial charge in [0.1, 0.15) is 0 Å². The maximum absolute atomic E-state index is 12.7. The molecule has 5 heteroatoms. The number of amides is 1. The first-order valence-corrected chi connectivity index (χ1v) is 8.28. The number of aliphatic hydroxyl groups is 1. The van der Waals surface area contributed by atoms with Gasteiger partial charge in [0.05, 0.1) is 22.9 Å². The number of hydrogen-bond acceptors (Lipinski definition) is 4. The Labute approximate surface area is 129 Å². The molecule has 0 radical (unpaired) electrons. The van der Waals surface area contributed by atoms with Crippen LogP contribution in [0.3, 0.4) is 0 Å². The number of carbonyl (C=O) groups is 1. The lowest BCUT2D eigenvalue weighted by Crippen LogP contribution is -2.42. The summed E-state index contributed by atoms with van der Waals surface area (Å²) in [5, 5.41) is 9.26. The molecule has 0 saturated heterocycles. The van der Waals surface area contributed by atoms with Crippen molar-refractivity contribution in [3.8, 4) is 11.8 Å². The van der Waals surface area contributed by atoms with Crippen LogP contribution in [0, 0.1) is 11.8 Å². The van der Waals surface area contributed by atoms with Crippen molar-refractivity contribution in [2.45, 2.75) is 38.1 Å². The van der Waals surface area contributed by atoms with Crippen molar-refractivity contribution in [2.24, 2.45) is 5.73 Å². The molecule has 0 aliphatic heterocycles. The van der Waals surface area contributed by atoms with Gasteiger partial charge in [0, 0.05) is 12.6 Å². The summed E-state index contributed by atoms with van der Waals surface area (Å²) in [6.45, 7) is 0.735. The Morgan fingerprint density at radius 1 is 1.38 bits per heavy atom. The molecular formula is C16H22N2O2S. The highest BCUT2D eigenvalue weighted by Crippen LogP contribution is 2.25. The third-order valence-electron chi connectivity index (χ3n) is 3.75. The van der Waals surface area contributed by atoms with E-state index in [1.165, 1.54) is 17.8 Å². The zero-order valence-corrected chi connectivity index (χ0v) is 13.0. The Hall–Kier alpha value is -1.35. The van der Waals surface area contributed by atoms with Gasteiger partial charge in [0.2, 0.25) is 0 Å². The fourth-order valence-corrected chi connectivity index (χ4v) is 3.59. The SMILES string of the molecule is NCC#Cc1ccc(C(=O)N(CCO)C2CCCCC2)s1. The molecule has 1 heterocycles. The normalized spacial score (nSPS) is 15.3. The average Bonchev–Trinajstić information content (AvgIpc) is 2.99. The molecule has 114 valence electrons. The molecule has 1 aliphatic rings. The minimum Gasteiger partial charge on any atom is -0.395 e. The van der Waals surface area contributed by atoms with Crippen LogP contribution in [0.5, 0.6) is 0 Å². The number of hydrogen-bond donors (Lipinski definition) is 2. The molecule has 1 amide bonds. The van der Waals surface area contributed by atoms with Gasteiger partial charge in [-0.2, -0.15) is 0 Å². The van der Waals surface area contributed by atoms with Crippen LogP contribution in [0.1, 0.15) is 46.7 Å². The van der Waals surface area contributed by atoms with Gasteiger partial charge in [0.25, 0.3) is 5.91 Å². The zero-order valence-electron chi connectivity index (χ0n) is 12.2. The summed E-state index contributed by atoms with van der Waals surface area (Å²) in [6.07, 6.45) is 5.65. The molecule has 2 rings (SSSR count). The molecule has 21 heavy (non-hydrogen) atoms. The molecule has 1 aliphatic carbocycles. The molecule has 0 spiro atoms. The van der Waals surface area contributed by atoms with E-state index in [2.05, 4.69) is 11.8 Å². The average molecular weight is 306 g/mol. The maximum Gasteiger partial charge on any atom is 0.264 e. The Kier molecular flexibility index (Phi) is 6.24. The number of carbonyl (C=O) groups excluding carboxylic acids is 1. The van der Waals surface area contributed by atoms with Gasteiger partial charge in [-0.15, -0.1) is 11.3 Å². The smallest absolute Gasteiger partial charge is 0.264 e. The zero-order chi connectivity index (χ0) is 15.1. The van der Waals surface area contributed by atoms with Gasteiger partial charge < -0.3 is 15.7 Å². The summed E-state index contributed by atoms with van der Waals surface area (Å²) in [6, 6.07) is 3.94. The molecule has 0 bridgehead atoms. The van der Waals surface area contributed by atoms with E-state index < -0.39 is 0 Å². The first-order valence-electron chi connectivity index (χ1n) is 7.47. The maximum atomic E-state index is 12.7. The third-order valence-corrected chi connectivity index (χ3v) is 4.74. The van der Waals surface area contributed by atoms with E-state index in [1.807, 2.05) is 17.0 Å². The lowest BCUT2D eigenvalue weighted by Gasteiger charge is -2.33. The van der Waals surface area contributed by atoms with Gasteiger partial charge >= 0.3 is 0 Å². The molecule has 0 atom stereocenters. The molecule has 1 aromatic heterocycles. The summed E-state index contributed by atoms with van der Waals surface area (Å²) in [5.74, 6) is 5.77. The fourth-order valence-electron chi connectivity index (χ4n) is 2.75. The third kappa shape index (κ3) is 4.31. The largest absolute Gasteiger partial charge is 0.395 e. The first-order chi connectivity index (χ1) is 10.3. The number of nitrogens with two attached hydrogens (primary N) is 1. The van der Waals surface area contributed by atoms with E-state index >= 15 is 0 Å². The predicted octanol–water partition coefficient (Wildman–Crippen LogP) is 1.83. The molecule has 3 N–H and O–H groups in total. The van der Waals surface area contributed by atoms with Crippen LogP contribution in [0.4, 0.5) is 0 Å². The van der Waals surface area contributed by atoms with Gasteiger partial charge in [-0.05, 0) is 25.0 Å². The Morgan fingerprint density at radius 3 is 2.81 bits per heavy atom. The Balaban J connectivity index is 2.11. The highest BCUT2D eigenvalue weighted by molar-refractivity contribution is 7.14. The summed E-state index contributed by atoms with van der Waals surface area (Å²) in [5.41, 5.74) is 5.36. The van der Waals surface area contributed by atoms with Gasteiger partial charge in [-0.1, -0.05) is 31.1 Å². The molecular weight excluding hydrogens is 284 g/mol. The number of aliphatic hydroxyl groups excluding tert-OH is 1. The van der Waals surface area contributed by atoms with Crippen molar-refractivity contribution < 1.29 is 9.90 Å². The van der Waals surface area contributed by atoms with Crippen molar-refractivity contribution >= 4 is 17.2 Å². The van der Waals surface area contributed by atoms with Crippen LogP contribution in [0.2, 0.25) is 0 Å². The highest BCUT2D eigenvalue weighted by Gasteiger charge is 2.26. The topological polar surface area (TPSA) is 66.6 Å². The molecule has 4 nitrogen and oxygen atoms in total. The molecule has 1 aromatic rings. The minimum absolute atomic E-state index is 0.00739. The minimum atomic E-state index is 0.00739. The van der Waals surface area contributed by atoms with E-state index in [-0.39, 0.29) is 18.6 Å². The van der Waals surface area contributed by atoms with Crippen LogP contribution in [-0.4, -0.2) is 41.7 Å². The summed E-state index contributed by atoms with van der Waals surface area (Å²) in [7, 11) is 0. The van der Waals surface area contributed by atoms with Crippen LogP contribution < -0.4 is 5.73 Å². The first kappa shape index (κ1) is 16.0. The van der Waals surface area contributed by atoms with E-state index in [0.717, 1.165) is 30.6 Å². The monoisotopic (exact) mass is 306 g/mol. The molecule has 1 saturated carbocycles. The van der Waals surface area contributed by atoms with Crippen molar-refractivity contribution in [3.05, 3.63) is 21.9 Å². The summed E-state index contributed by atoms with van der Waals surface area (Å²) in [4.78, 5) is 16.1. The quantitative estimate of drug-likeness (QED) is 0.834. The van der Waals surface area contributed by atoms with Crippen LogP contribution in [0.25, 0.3) is 0 Å². The summed E-state index contributed by atoms with van der Waals surface area (Å²) < 4.78 is 0. The number of nitrogens with zero attached hydrogens (tertiary/aromatic N) is 1. The van der Waals surface area contributed by atoms with Crippen LogP contribution >= 0.6 is 11.3 Å². The Morgan fingerprint density at radius 2 is 2.14 bits per heavy atom. The highest BCUT2D eigenvalue weighted by atomic mass is 32.1. The van der Waals surface area contributed by atoms with Crippen molar-refractivity contribution in [1.82, 2.24) is 4.90 Å². The fraction of sp³-hybridized carbons (Fsp3) is 0.562.